The summed E-state index contributed by atoms with van der Waals surface area (Å²) in [7, 11) is 0. The SMILES string of the molecule is CCCCc1ccccc1C(c1ccc(F)c(F)c1CC)[C@H](CCC)CCCC. The van der Waals surface area contributed by atoms with Gasteiger partial charge in [0.2, 0.25) is 0 Å². The van der Waals surface area contributed by atoms with Crippen LogP contribution in [0.15, 0.2) is 36.4 Å². The Morgan fingerprint density at radius 2 is 1.48 bits per heavy atom. The number of hydrogen-bond acceptors (Lipinski definition) is 0. The standard InChI is InChI=1S/C27H38F2/c1-5-9-14-20-16-11-12-17-23(20)26(21(13-7-3)15-10-6-2)24-18-19-25(28)27(29)22(24)8-4/h11-12,16-19,21,26H,5-10,13-15H2,1-4H3/t21-,26?/m1/s1. The van der Waals surface area contributed by atoms with Crippen LogP contribution in [0.25, 0.3) is 0 Å². The third-order valence-corrected chi connectivity index (χ3v) is 6.17. The largest absolute Gasteiger partial charge is 0.204 e. The highest BCUT2D eigenvalue weighted by Crippen LogP contribution is 2.41. The second-order valence-corrected chi connectivity index (χ2v) is 8.25. The van der Waals surface area contributed by atoms with Crippen molar-refractivity contribution in [3.05, 3.63) is 70.3 Å². The van der Waals surface area contributed by atoms with Crippen LogP contribution < -0.4 is 0 Å². The highest BCUT2D eigenvalue weighted by Gasteiger charge is 2.29. The molecule has 0 aliphatic heterocycles. The Balaban J connectivity index is 2.66. The number of aryl methyl sites for hydroxylation is 1. The lowest BCUT2D eigenvalue weighted by atomic mass is 9.73. The average Bonchev–Trinajstić information content (AvgIpc) is 2.74. The predicted molar refractivity (Wildman–Crippen MR) is 121 cm³/mol. The molecule has 2 rings (SSSR count). The Kier molecular flexibility index (Phi) is 9.84. The maximum Gasteiger partial charge on any atom is 0.162 e. The third-order valence-electron chi connectivity index (χ3n) is 6.17. The van der Waals surface area contributed by atoms with Crippen LogP contribution in [0.2, 0.25) is 0 Å². The van der Waals surface area contributed by atoms with Gasteiger partial charge in [-0.1, -0.05) is 83.7 Å². The van der Waals surface area contributed by atoms with E-state index in [1.165, 1.54) is 23.6 Å². The van der Waals surface area contributed by atoms with Gasteiger partial charge in [-0.3, -0.25) is 0 Å². The topological polar surface area (TPSA) is 0 Å². The molecule has 2 aromatic rings. The molecule has 0 heterocycles. The summed E-state index contributed by atoms with van der Waals surface area (Å²) in [4.78, 5) is 0. The lowest BCUT2D eigenvalue weighted by Gasteiger charge is -2.31. The van der Waals surface area contributed by atoms with Crippen molar-refractivity contribution in [2.24, 2.45) is 5.92 Å². The van der Waals surface area contributed by atoms with Crippen LogP contribution >= 0.6 is 0 Å². The fraction of sp³-hybridized carbons (Fsp3) is 0.556. The minimum Gasteiger partial charge on any atom is -0.204 e. The number of unbranched alkanes of at least 4 members (excludes halogenated alkanes) is 2. The normalized spacial score (nSPS) is 13.4. The van der Waals surface area contributed by atoms with Gasteiger partial charge in [0.15, 0.2) is 11.6 Å². The van der Waals surface area contributed by atoms with Gasteiger partial charge in [0.1, 0.15) is 0 Å². The van der Waals surface area contributed by atoms with Crippen LogP contribution in [0.1, 0.15) is 101 Å². The lowest BCUT2D eigenvalue weighted by molar-refractivity contribution is 0.382. The van der Waals surface area contributed by atoms with Crippen LogP contribution in [0.4, 0.5) is 8.78 Å². The van der Waals surface area contributed by atoms with Gasteiger partial charge in [0.25, 0.3) is 0 Å². The van der Waals surface area contributed by atoms with Gasteiger partial charge in [-0.05, 0) is 66.3 Å². The van der Waals surface area contributed by atoms with Crippen molar-refractivity contribution >= 4 is 0 Å². The maximum absolute atomic E-state index is 14.8. The summed E-state index contributed by atoms with van der Waals surface area (Å²) < 4.78 is 28.8. The molecular weight excluding hydrogens is 362 g/mol. The number of rotatable bonds is 12. The molecule has 0 nitrogen and oxygen atoms in total. The summed E-state index contributed by atoms with van der Waals surface area (Å²) >= 11 is 0. The Morgan fingerprint density at radius 3 is 2.14 bits per heavy atom. The summed E-state index contributed by atoms with van der Waals surface area (Å²) in [5.41, 5.74) is 4.22. The van der Waals surface area contributed by atoms with Gasteiger partial charge < -0.3 is 0 Å². The number of hydrogen-bond donors (Lipinski definition) is 0. The van der Waals surface area contributed by atoms with E-state index in [2.05, 4.69) is 45.0 Å². The summed E-state index contributed by atoms with van der Waals surface area (Å²) in [6.07, 6.45) is 9.52. The molecule has 0 aromatic heterocycles. The summed E-state index contributed by atoms with van der Waals surface area (Å²) in [5.74, 6) is -0.825. The summed E-state index contributed by atoms with van der Waals surface area (Å²) in [5, 5.41) is 0. The average molecular weight is 401 g/mol. The first kappa shape index (κ1) is 23.6. The molecule has 0 amide bonds. The number of benzene rings is 2. The second kappa shape index (κ2) is 12.1. The molecule has 0 aliphatic carbocycles. The van der Waals surface area contributed by atoms with Gasteiger partial charge in [-0.15, -0.1) is 0 Å². The molecule has 0 saturated heterocycles. The molecule has 0 radical (unpaired) electrons. The van der Waals surface area contributed by atoms with E-state index < -0.39 is 11.6 Å². The van der Waals surface area contributed by atoms with Gasteiger partial charge in [-0.2, -0.15) is 0 Å². The minimum atomic E-state index is -0.732. The second-order valence-electron chi connectivity index (χ2n) is 8.25. The van der Waals surface area contributed by atoms with Gasteiger partial charge in [-0.25, -0.2) is 8.78 Å². The van der Waals surface area contributed by atoms with Crippen molar-refractivity contribution in [2.75, 3.05) is 0 Å². The Hall–Kier alpha value is -1.70. The van der Waals surface area contributed by atoms with Crippen LogP contribution in [-0.2, 0) is 12.8 Å². The van der Waals surface area contributed by atoms with Crippen LogP contribution in [0.3, 0.4) is 0 Å². The minimum absolute atomic E-state index is 0.125. The van der Waals surface area contributed by atoms with E-state index >= 15 is 0 Å². The third kappa shape index (κ3) is 5.90. The fourth-order valence-corrected chi connectivity index (χ4v) is 4.68. The highest BCUT2D eigenvalue weighted by atomic mass is 19.2. The lowest BCUT2D eigenvalue weighted by Crippen LogP contribution is -2.19. The van der Waals surface area contributed by atoms with Gasteiger partial charge in [0.05, 0.1) is 0 Å². The number of halogens is 2. The Bertz CT molecular complexity index is 750. The molecular formula is C27H38F2. The smallest absolute Gasteiger partial charge is 0.162 e. The van der Waals surface area contributed by atoms with E-state index in [0.717, 1.165) is 50.5 Å². The molecule has 0 N–H and O–H groups in total. The van der Waals surface area contributed by atoms with E-state index in [4.69, 9.17) is 0 Å². The molecule has 160 valence electrons. The van der Waals surface area contributed by atoms with Crippen molar-refractivity contribution in [3.8, 4) is 0 Å². The first-order valence-electron chi connectivity index (χ1n) is 11.6. The molecule has 0 spiro atoms. The summed E-state index contributed by atoms with van der Waals surface area (Å²) in [6.45, 7) is 8.60. The van der Waals surface area contributed by atoms with E-state index in [1.54, 1.807) is 0 Å². The Labute approximate surface area is 176 Å². The first-order chi connectivity index (χ1) is 14.1. The monoisotopic (exact) mass is 400 g/mol. The quantitative estimate of drug-likeness (QED) is 0.334. The molecule has 0 saturated carbocycles. The zero-order valence-electron chi connectivity index (χ0n) is 18.7. The first-order valence-corrected chi connectivity index (χ1v) is 11.6. The van der Waals surface area contributed by atoms with E-state index in [1.807, 2.05) is 13.0 Å². The zero-order chi connectivity index (χ0) is 21.2. The highest BCUT2D eigenvalue weighted by molar-refractivity contribution is 5.43. The zero-order valence-corrected chi connectivity index (χ0v) is 18.7. The summed E-state index contributed by atoms with van der Waals surface area (Å²) in [6, 6.07) is 11.9. The maximum atomic E-state index is 14.8. The van der Waals surface area contributed by atoms with Gasteiger partial charge >= 0.3 is 0 Å². The molecule has 29 heavy (non-hydrogen) atoms. The van der Waals surface area contributed by atoms with Crippen molar-refractivity contribution < 1.29 is 8.78 Å². The molecule has 0 aliphatic rings. The molecule has 1 unspecified atom stereocenters. The van der Waals surface area contributed by atoms with Crippen molar-refractivity contribution in [3.63, 3.8) is 0 Å². The van der Waals surface area contributed by atoms with Crippen molar-refractivity contribution in [2.45, 2.75) is 91.4 Å². The molecule has 2 heteroatoms. The van der Waals surface area contributed by atoms with Gasteiger partial charge in [0, 0.05) is 5.92 Å². The van der Waals surface area contributed by atoms with E-state index in [0.29, 0.717) is 17.9 Å². The molecule has 2 aromatic carbocycles. The molecule has 2 atom stereocenters. The molecule has 0 bridgehead atoms. The van der Waals surface area contributed by atoms with Crippen molar-refractivity contribution in [1.29, 1.82) is 0 Å². The van der Waals surface area contributed by atoms with Crippen molar-refractivity contribution in [1.82, 2.24) is 0 Å². The molecule has 0 fully saturated rings. The van der Waals surface area contributed by atoms with Crippen LogP contribution in [-0.4, -0.2) is 0 Å². The van der Waals surface area contributed by atoms with Crippen LogP contribution in [0, 0.1) is 17.6 Å². The van der Waals surface area contributed by atoms with Crippen LogP contribution in [0.5, 0.6) is 0 Å². The predicted octanol–water partition coefficient (Wildman–Crippen LogP) is 8.61. The van der Waals surface area contributed by atoms with E-state index in [-0.39, 0.29) is 5.92 Å². The van der Waals surface area contributed by atoms with E-state index in [9.17, 15) is 8.78 Å². The fourth-order valence-electron chi connectivity index (χ4n) is 4.68. The Morgan fingerprint density at radius 1 is 0.759 bits per heavy atom.